The quantitative estimate of drug-likeness (QED) is 0.321. The van der Waals surface area contributed by atoms with E-state index in [-0.39, 0.29) is 21.7 Å². The van der Waals surface area contributed by atoms with Crippen LogP contribution in [0.4, 0.5) is 0 Å². The molecule has 0 amide bonds. The zero-order valence-corrected chi connectivity index (χ0v) is 29.0. The summed E-state index contributed by atoms with van der Waals surface area (Å²) in [4.78, 5) is 0. The summed E-state index contributed by atoms with van der Waals surface area (Å²) in [5.74, 6) is 4.10. The van der Waals surface area contributed by atoms with Crippen molar-refractivity contribution in [3.05, 3.63) is 93.6 Å². The molecule has 5 unspecified atom stereocenters. The van der Waals surface area contributed by atoms with E-state index >= 15 is 0 Å². The summed E-state index contributed by atoms with van der Waals surface area (Å²) in [7, 11) is 0. The molecule has 0 aliphatic heterocycles. The van der Waals surface area contributed by atoms with Crippen molar-refractivity contribution in [1.82, 2.24) is 0 Å². The molecule has 2 bridgehead atoms. The Morgan fingerprint density at radius 2 is 1.30 bits per heavy atom. The highest BCUT2D eigenvalue weighted by Gasteiger charge is 2.58. The molecule has 228 valence electrons. The molecular formula is C43H56. The van der Waals surface area contributed by atoms with Gasteiger partial charge >= 0.3 is 0 Å². The van der Waals surface area contributed by atoms with Gasteiger partial charge in [0.2, 0.25) is 0 Å². The van der Waals surface area contributed by atoms with Crippen LogP contribution in [0.1, 0.15) is 130 Å². The molecule has 1 fully saturated rings. The maximum atomic E-state index is 2.74. The SMILES string of the molecule is CC(C)C1(C2c3ccc(C(C)(C)C)cc3-c3cc(C(C)(C)C)ccc32)CC(C2CC3C=CC2C3)C2=C1C=C(C(C)(C)C)C2. The Morgan fingerprint density at radius 3 is 1.74 bits per heavy atom. The standard InChI is InChI=1S/C43H56/c1-25(2)43(24-37(33-19-26-12-13-27(33)18-26)36-22-30(23-38(36)43)42(9,10)11)39-31-16-14-28(40(3,4)5)20-34(31)35-21-29(41(6,7)8)15-17-32(35)39/h12-17,20-21,23,25-27,33,37,39H,18-19,22,24H2,1-11H3. The van der Waals surface area contributed by atoms with Gasteiger partial charge in [0.25, 0.3) is 0 Å². The molecule has 5 aliphatic rings. The molecule has 0 saturated heterocycles. The van der Waals surface area contributed by atoms with Gasteiger partial charge in [0, 0.05) is 11.3 Å². The lowest BCUT2D eigenvalue weighted by Gasteiger charge is -2.44. The van der Waals surface area contributed by atoms with E-state index in [0.717, 1.165) is 17.8 Å². The Bertz CT molecular complexity index is 1500. The lowest BCUT2D eigenvalue weighted by atomic mass is 9.59. The van der Waals surface area contributed by atoms with Crippen LogP contribution in [0.5, 0.6) is 0 Å². The predicted molar refractivity (Wildman–Crippen MR) is 185 cm³/mol. The van der Waals surface area contributed by atoms with Crippen molar-refractivity contribution < 1.29 is 0 Å². The average Bonchev–Trinajstić information content (AvgIpc) is 3.71. The van der Waals surface area contributed by atoms with Crippen molar-refractivity contribution in [2.24, 2.45) is 40.4 Å². The van der Waals surface area contributed by atoms with Gasteiger partial charge in [-0.1, -0.05) is 142 Å². The maximum Gasteiger partial charge on any atom is 0.0201 e. The van der Waals surface area contributed by atoms with Crippen molar-refractivity contribution in [3.63, 3.8) is 0 Å². The third kappa shape index (κ3) is 4.35. The van der Waals surface area contributed by atoms with Gasteiger partial charge < -0.3 is 0 Å². The minimum absolute atomic E-state index is 0.116. The van der Waals surface area contributed by atoms with Crippen LogP contribution in [-0.4, -0.2) is 0 Å². The molecule has 0 heteroatoms. The van der Waals surface area contributed by atoms with E-state index in [9.17, 15) is 0 Å². The number of benzene rings is 2. The molecule has 2 aromatic carbocycles. The van der Waals surface area contributed by atoms with Gasteiger partial charge in [0.15, 0.2) is 0 Å². The van der Waals surface area contributed by atoms with Crippen LogP contribution < -0.4 is 0 Å². The first-order valence-corrected chi connectivity index (χ1v) is 17.4. The first kappa shape index (κ1) is 29.4. The highest BCUT2D eigenvalue weighted by atomic mass is 14.6. The lowest BCUT2D eigenvalue weighted by molar-refractivity contribution is 0.169. The van der Waals surface area contributed by atoms with E-state index in [4.69, 9.17) is 0 Å². The molecule has 0 N–H and O–H groups in total. The molecule has 0 aromatic heterocycles. The molecule has 0 radical (unpaired) electrons. The number of fused-ring (bicyclic) bond motifs is 5. The van der Waals surface area contributed by atoms with E-state index in [0.29, 0.717) is 17.8 Å². The minimum Gasteiger partial charge on any atom is -0.0851 e. The Kier molecular flexibility index (Phi) is 6.38. The topological polar surface area (TPSA) is 0 Å². The molecule has 5 atom stereocenters. The van der Waals surface area contributed by atoms with E-state index in [1.165, 1.54) is 47.9 Å². The highest BCUT2D eigenvalue weighted by molar-refractivity contribution is 5.81. The smallest absolute Gasteiger partial charge is 0.0201 e. The Balaban J connectivity index is 1.46. The molecule has 0 nitrogen and oxygen atoms in total. The number of hydrogen-bond donors (Lipinski definition) is 0. The van der Waals surface area contributed by atoms with E-state index < -0.39 is 0 Å². The third-order valence-electron chi connectivity index (χ3n) is 12.7. The summed E-state index contributed by atoms with van der Waals surface area (Å²) in [6.45, 7) is 26.6. The summed E-state index contributed by atoms with van der Waals surface area (Å²) in [5.41, 5.74) is 14.9. The molecule has 2 aromatic rings. The molecule has 0 spiro atoms. The fraction of sp³-hybridized carbons (Fsp3) is 0.581. The second-order valence-corrected chi connectivity index (χ2v) is 18.5. The number of allylic oxidation sites excluding steroid dienone is 6. The molecule has 43 heavy (non-hydrogen) atoms. The first-order chi connectivity index (χ1) is 20.0. The predicted octanol–water partition coefficient (Wildman–Crippen LogP) is 11.9. The van der Waals surface area contributed by atoms with Crippen molar-refractivity contribution in [3.8, 4) is 11.1 Å². The van der Waals surface area contributed by atoms with Crippen LogP contribution in [0.15, 0.2) is 71.3 Å². The van der Waals surface area contributed by atoms with Crippen molar-refractivity contribution in [2.45, 2.75) is 119 Å². The minimum atomic E-state index is 0.116. The lowest BCUT2D eigenvalue weighted by Crippen LogP contribution is -2.36. The molecule has 1 saturated carbocycles. The first-order valence-electron chi connectivity index (χ1n) is 17.4. The van der Waals surface area contributed by atoms with E-state index in [1.807, 2.05) is 5.57 Å². The fourth-order valence-corrected chi connectivity index (χ4v) is 10.0. The van der Waals surface area contributed by atoms with Crippen molar-refractivity contribution in [1.29, 1.82) is 0 Å². The average molecular weight is 573 g/mol. The Hall–Kier alpha value is -2.34. The third-order valence-corrected chi connectivity index (χ3v) is 12.7. The Morgan fingerprint density at radius 1 is 0.721 bits per heavy atom. The van der Waals surface area contributed by atoms with Gasteiger partial charge in [0.1, 0.15) is 0 Å². The van der Waals surface area contributed by atoms with Crippen LogP contribution in [0, 0.1) is 40.4 Å². The van der Waals surface area contributed by atoms with Crippen molar-refractivity contribution in [2.75, 3.05) is 0 Å². The monoisotopic (exact) mass is 572 g/mol. The molecular weight excluding hydrogens is 516 g/mol. The van der Waals surface area contributed by atoms with Crippen molar-refractivity contribution >= 4 is 0 Å². The summed E-state index contributed by atoms with van der Waals surface area (Å²) < 4.78 is 0. The van der Waals surface area contributed by atoms with Gasteiger partial charge in [-0.05, 0) is 110 Å². The van der Waals surface area contributed by atoms with E-state index in [1.54, 1.807) is 22.3 Å². The zero-order valence-electron chi connectivity index (χ0n) is 29.0. The van der Waals surface area contributed by atoms with Gasteiger partial charge in [0.05, 0.1) is 0 Å². The molecule has 5 aliphatic carbocycles. The largest absolute Gasteiger partial charge is 0.0851 e. The summed E-state index contributed by atoms with van der Waals surface area (Å²) >= 11 is 0. The molecule has 0 heterocycles. The highest BCUT2D eigenvalue weighted by Crippen LogP contribution is 2.70. The van der Waals surface area contributed by atoms with Crippen LogP contribution in [0.2, 0.25) is 0 Å². The van der Waals surface area contributed by atoms with Crippen LogP contribution in [0.3, 0.4) is 0 Å². The summed E-state index contributed by atoms with van der Waals surface area (Å²) in [6, 6.07) is 15.2. The van der Waals surface area contributed by atoms with Crippen LogP contribution >= 0.6 is 0 Å². The summed E-state index contributed by atoms with van der Waals surface area (Å²) in [6.07, 6.45) is 13.2. The maximum absolute atomic E-state index is 2.74. The van der Waals surface area contributed by atoms with Gasteiger partial charge in [-0.3, -0.25) is 0 Å². The number of hydrogen-bond acceptors (Lipinski definition) is 0. The van der Waals surface area contributed by atoms with E-state index in [2.05, 4.69) is 131 Å². The number of rotatable bonds is 3. The molecule has 7 rings (SSSR count). The van der Waals surface area contributed by atoms with Gasteiger partial charge in [-0.15, -0.1) is 0 Å². The van der Waals surface area contributed by atoms with Crippen LogP contribution in [0.25, 0.3) is 11.1 Å². The fourth-order valence-electron chi connectivity index (χ4n) is 10.0. The van der Waals surface area contributed by atoms with Gasteiger partial charge in [-0.2, -0.15) is 0 Å². The second-order valence-electron chi connectivity index (χ2n) is 18.5. The Labute approximate surface area is 263 Å². The van der Waals surface area contributed by atoms with Crippen LogP contribution in [-0.2, 0) is 10.8 Å². The summed E-state index contributed by atoms with van der Waals surface area (Å²) in [5, 5.41) is 0. The zero-order chi connectivity index (χ0) is 30.9. The second kappa shape index (κ2) is 9.34. The van der Waals surface area contributed by atoms with Gasteiger partial charge in [-0.25, -0.2) is 0 Å². The normalized spacial score (nSPS) is 30.0.